The molecule has 4 rings (SSSR count). The first-order valence-corrected chi connectivity index (χ1v) is 9.90. The molecule has 2 N–H and O–H groups in total. The Balaban J connectivity index is 1.42. The largest absolute Gasteiger partial charge is 0.364 e. The van der Waals surface area contributed by atoms with Crippen LogP contribution in [0.3, 0.4) is 0 Å². The summed E-state index contributed by atoms with van der Waals surface area (Å²) in [5, 5.41) is 1.39. The van der Waals surface area contributed by atoms with E-state index in [9.17, 15) is 14.0 Å². The lowest BCUT2D eigenvalue weighted by Crippen LogP contribution is -2.42. The van der Waals surface area contributed by atoms with E-state index < -0.39 is 11.7 Å². The van der Waals surface area contributed by atoms with Crippen molar-refractivity contribution in [2.45, 2.75) is 32.2 Å². The van der Waals surface area contributed by atoms with E-state index in [2.05, 4.69) is 15.0 Å². The summed E-state index contributed by atoms with van der Waals surface area (Å²) >= 11 is 0. The number of anilines is 1. The fraction of sp³-hybridized carbons (Fsp3) is 0.450. The molecule has 0 spiro atoms. The molecule has 0 bridgehead atoms. The average Bonchev–Trinajstić information content (AvgIpc) is 3.25. The third-order valence-corrected chi connectivity index (χ3v) is 5.58. The van der Waals surface area contributed by atoms with Gasteiger partial charge in [0.1, 0.15) is 11.5 Å². The van der Waals surface area contributed by atoms with E-state index in [4.69, 9.17) is 10.6 Å². The molecule has 2 amide bonds. The third kappa shape index (κ3) is 3.95. The molecule has 0 unspecified atom stereocenters. The van der Waals surface area contributed by atoms with E-state index in [0.717, 1.165) is 0 Å². The van der Waals surface area contributed by atoms with Crippen LogP contribution in [-0.2, 0) is 9.63 Å². The molecule has 9 nitrogen and oxygen atoms in total. The molecule has 2 aliphatic heterocycles. The number of halogens is 1. The van der Waals surface area contributed by atoms with Crippen LogP contribution < -0.4 is 10.6 Å². The maximum absolute atomic E-state index is 13.9. The van der Waals surface area contributed by atoms with Gasteiger partial charge in [-0.05, 0) is 37.5 Å². The maximum Gasteiger partial charge on any atom is 0.267 e. The van der Waals surface area contributed by atoms with Crippen molar-refractivity contribution < 1.29 is 18.8 Å². The number of hydrogen-bond acceptors (Lipinski definition) is 7. The first-order chi connectivity index (χ1) is 14.4. The average molecular weight is 414 g/mol. The van der Waals surface area contributed by atoms with Crippen molar-refractivity contribution in [3.63, 3.8) is 0 Å². The van der Waals surface area contributed by atoms with Crippen LogP contribution in [0.4, 0.5) is 10.3 Å². The number of nitrogens with two attached hydrogens (primary N) is 1. The van der Waals surface area contributed by atoms with Gasteiger partial charge in [0.2, 0.25) is 11.9 Å². The quantitative estimate of drug-likeness (QED) is 0.807. The number of piperidine rings is 1. The van der Waals surface area contributed by atoms with E-state index in [-0.39, 0.29) is 23.6 Å². The highest BCUT2D eigenvalue weighted by Gasteiger charge is 2.37. The fourth-order valence-electron chi connectivity index (χ4n) is 3.84. The smallest absolute Gasteiger partial charge is 0.267 e. The highest BCUT2D eigenvalue weighted by molar-refractivity contribution is 5.90. The zero-order valence-corrected chi connectivity index (χ0v) is 16.6. The van der Waals surface area contributed by atoms with E-state index >= 15 is 0 Å². The Morgan fingerprint density at radius 2 is 2.00 bits per heavy atom. The molecule has 2 aromatic rings. The first kappa shape index (κ1) is 20.1. The number of hydroxylamine groups is 2. The van der Waals surface area contributed by atoms with Crippen molar-refractivity contribution in [2.75, 3.05) is 24.6 Å². The van der Waals surface area contributed by atoms with Gasteiger partial charge in [0.25, 0.3) is 5.91 Å². The third-order valence-electron chi connectivity index (χ3n) is 5.58. The van der Waals surface area contributed by atoms with Crippen molar-refractivity contribution >= 4 is 17.8 Å². The van der Waals surface area contributed by atoms with Crippen LogP contribution in [0.25, 0.3) is 0 Å². The molecule has 1 atom stereocenters. The normalized spacial score (nSPS) is 19.9. The highest BCUT2D eigenvalue weighted by atomic mass is 19.1. The highest BCUT2D eigenvalue weighted by Crippen LogP contribution is 2.34. The number of aryl methyl sites for hydroxylation is 1. The molecule has 2 aromatic heterocycles. The van der Waals surface area contributed by atoms with Crippen molar-refractivity contribution in [3.05, 3.63) is 47.3 Å². The molecule has 30 heavy (non-hydrogen) atoms. The Hall–Kier alpha value is -3.14. The minimum atomic E-state index is -0.608. The number of pyridine rings is 1. The zero-order chi connectivity index (χ0) is 21.3. The molecule has 2 saturated heterocycles. The van der Waals surface area contributed by atoms with Crippen LogP contribution in [0, 0.1) is 18.7 Å². The van der Waals surface area contributed by atoms with E-state index in [0.29, 0.717) is 56.2 Å². The number of amides is 2. The number of carbonyl (C=O) groups is 2. The van der Waals surface area contributed by atoms with Crippen LogP contribution in [0.15, 0.2) is 24.5 Å². The lowest BCUT2D eigenvalue weighted by Gasteiger charge is -2.34. The van der Waals surface area contributed by atoms with E-state index in [1.807, 2.05) is 4.90 Å². The Kier molecular flexibility index (Phi) is 5.58. The Morgan fingerprint density at radius 1 is 1.23 bits per heavy atom. The Labute approximate surface area is 173 Å². The SMILES string of the molecule is Cc1ncc([C@@H]2CCON2C(=O)C2CCN(c3nccc(C(N)=O)n3)CC2)cc1F. The molecular weight excluding hydrogens is 391 g/mol. The first-order valence-electron chi connectivity index (χ1n) is 9.90. The van der Waals surface area contributed by atoms with Gasteiger partial charge in [0.05, 0.1) is 18.3 Å². The van der Waals surface area contributed by atoms with Crippen molar-refractivity contribution in [2.24, 2.45) is 11.7 Å². The number of rotatable bonds is 4. The molecule has 158 valence electrons. The summed E-state index contributed by atoms with van der Waals surface area (Å²) in [6.45, 7) is 3.14. The summed E-state index contributed by atoms with van der Waals surface area (Å²) in [7, 11) is 0. The molecule has 4 heterocycles. The monoisotopic (exact) mass is 414 g/mol. The van der Waals surface area contributed by atoms with Crippen LogP contribution in [0.2, 0.25) is 0 Å². The summed E-state index contributed by atoms with van der Waals surface area (Å²) < 4.78 is 13.9. The number of carbonyl (C=O) groups excluding carboxylic acids is 2. The second-order valence-corrected chi connectivity index (χ2v) is 7.51. The Morgan fingerprint density at radius 3 is 2.70 bits per heavy atom. The Bertz CT molecular complexity index is 963. The van der Waals surface area contributed by atoms with Gasteiger partial charge in [-0.25, -0.2) is 19.4 Å². The minimum absolute atomic E-state index is 0.107. The topological polar surface area (TPSA) is 115 Å². The van der Waals surface area contributed by atoms with Gasteiger partial charge in [-0.3, -0.25) is 19.4 Å². The molecule has 0 aromatic carbocycles. The molecular formula is C20H23FN6O3. The second-order valence-electron chi connectivity index (χ2n) is 7.51. The molecule has 0 radical (unpaired) electrons. The number of hydrogen-bond donors (Lipinski definition) is 1. The van der Waals surface area contributed by atoms with E-state index in [1.165, 1.54) is 23.4 Å². The van der Waals surface area contributed by atoms with Gasteiger partial charge in [-0.2, -0.15) is 0 Å². The number of aromatic nitrogens is 3. The van der Waals surface area contributed by atoms with Gasteiger partial charge in [-0.15, -0.1) is 0 Å². The van der Waals surface area contributed by atoms with Gasteiger partial charge < -0.3 is 10.6 Å². The van der Waals surface area contributed by atoms with Crippen molar-refractivity contribution in [1.29, 1.82) is 0 Å². The number of primary amides is 1. The van der Waals surface area contributed by atoms with Crippen LogP contribution >= 0.6 is 0 Å². The summed E-state index contributed by atoms with van der Waals surface area (Å²) in [6.07, 6.45) is 4.88. The van der Waals surface area contributed by atoms with Crippen LogP contribution in [0.5, 0.6) is 0 Å². The molecule has 0 aliphatic carbocycles. The predicted molar refractivity (Wildman–Crippen MR) is 105 cm³/mol. The predicted octanol–water partition coefficient (Wildman–Crippen LogP) is 1.54. The fourth-order valence-corrected chi connectivity index (χ4v) is 3.84. The second kappa shape index (κ2) is 8.31. The lowest BCUT2D eigenvalue weighted by atomic mass is 9.95. The van der Waals surface area contributed by atoms with Crippen molar-refractivity contribution in [1.82, 2.24) is 20.0 Å². The van der Waals surface area contributed by atoms with E-state index in [1.54, 1.807) is 13.1 Å². The number of nitrogens with zero attached hydrogens (tertiary/aromatic N) is 5. The molecule has 10 heteroatoms. The molecule has 0 saturated carbocycles. The van der Waals surface area contributed by atoms with Gasteiger partial charge in [-0.1, -0.05) is 0 Å². The van der Waals surface area contributed by atoms with Gasteiger partial charge in [0, 0.05) is 37.8 Å². The van der Waals surface area contributed by atoms with Crippen LogP contribution in [0.1, 0.15) is 47.1 Å². The summed E-state index contributed by atoms with van der Waals surface area (Å²) in [4.78, 5) is 44.4. The summed E-state index contributed by atoms with van der Waals surface area (Å²) in [5.74, 6) is -0.899. The van der Waals surface area contributed by atoms with Crippen molar-refractivity contribution in [3.8, 4) is 0 Å². The summed E-state index contributed by atoms with van der Waals surface area (Å²) in [5.41, 5.74) is 6.40. The standard InChI is InChI=1S/C20H23FN6O3/c1-12-15(21)10-14(11-24-12)17-5-9-30-27(17)19(29)13-3-7-26(8-4-13)20-23-6-2-16(25-20)18(22)28/h2,6,10-11,13,17H,3-5,7-9H2,1H3,(H2,22,28)/t17-/m0/s1. The van der Waals surface area contributed by atoms with Gasteiger partial charge >= 0.3 is 0 Å². The molecule has 2 fully saturated rings. The lowest BCUT2D eigenvalue weighted by molar-refractivity contribution is -0.182. The maximum atomic E-state index is 13.9. The summed E-state index contributed by atoms with van der Waals surface area (Å²) in [6, 6.07) is 2.55. The van der Waals surface area contributed by atoms with Gasteiger partial charge in [0.15, 0.2) is 0 Å². The minimum Gasteiger partial charge on any atom is -0.364 e. The zero-order valence-electron chi connectivity index (χ0n) is 16.6. The van der Waals surface area contributed by atoms with Crippen LogP contribution in [-0.4, -0.2) is 51.5 Å². The molecule has 2 aliphatic rings.